The Kier molecular flexibility index (Phi) is 17.1. The number of thiophene rings is 2. The molecule has 576 valence electrons. The van der Waals surface area contributed by atoms with Gasteiger partial charge >= 0.3 is 0 Å². The normalized spacial score (nSPS) is 13.3. The second-order valence-corrected chi connectivity index (χ2v) is 35.4. The Morgan fingerprint density at radius 3 is 1.31 bits per heavy atom. The van der Waals surface area contributed by atoms with Crippen molar-refractivity contribution in [2.45, 2.75) is 66.2 Å². The number of nitrogens with zero attached hydrogens (tertiary/aromatic N) is 5. The van der Waals surface area contributed by atoms with Crippen molar-refractivity contribution in [3.05, 3.63) is 413 Å². The summed E-state index contributed by atoms with van der Waals surface area (Å²) < 4.78 is 9.04. The highest BCUT2D eigenvalue weighted by Crippen LogP contribution is 2.60. The average Bonchev–Trinajstić information content (AvgIpc) is 1.42. The Labute approximate surface area is 707 Å². The Morgan fingerprint density at radius 1 is 0.267 bits per heavy atom. The number of furan rings is 1. The predicted molar refractivity (Wildman–Crippen MR) is 513 cm³/mol. The maximum atomic E-state index is 6.56. The molecule has 2 aliphatic heterocycles. The van der Waals surface area contributed by atoms with Crippen LogP contribution >= 0.6 is 22.7 Å². The van der Waals surface area contributed by atoms with Crippen molar-refractivity contribution < 1.29 is 4.42 Å². The van der Waals surface area contributed by atoms with E-state index in [1.807, 2.05) is 0 Å². The van der Waals surface area contributed by atoms with E-state index in [0.717, 1.165) is 61.8 Å². The van der Waals surface area contributed by atoms with Crippen molar-refractivity contribution in [1.82, 2.24) is 4.57 Å². The fourth-order valence-electron chi connectivity index (χ4n) is 19.8. The van der Waals surface area contributed by atoms with Crippen LogP contribution in [0.4, 0.5) is 68.2 Å². The fraction of sp³-hybridized carbons (Fsp3) is 0.0893. The zero-order valence-corrected chi connectivity index (χ0v) is 69.8. The van der Waals surface area contributed by atoms with Crippen LogP contribution in [0.15, 0.2) is 373 Å². The number of hydrogen-bond acceptors (Lipinski definition) is 7. The lowest BCUT2D eigenvalue weighted by Gasteiger charge is -2.43. The molecule has 2 aliphatic rings. The van der Waals surface area contributed by atoms with E-state index in [0.29, 0.717) is 0 Å². The molecular formula is C112H85N5OS2. The van der Waals surface area contributed by atoms with E-state index >= 15 is 0 Å². The Bertz CT molecular complexity index is 7480. The second-order valence-electron chi connectivity index (χ2n) is 33.5. The molecule has 6 heterocycles. The Balaban J connectivity index is 0.000000144. The average molecular weight is 1580 g/mol. The van der Waals surface area contributed by atoms with Crippen molar-refractivity contribution >= 4 is 178 Å². The molecule has 0 fully saturated rings. The number of para-hydroxylation sites is 6. The molecule has 23 rings (SSSR count). The molecule has 0 N–H and O–H groups in total. The van der Waals surface area contributed by atoms with Gasteiger partial charge in [0.1, 0.15) is 11.2 Å². The summed E-state index contributed by atoms with van der Waals surface area (Å²) >= 11 is 3.60. The van der Waals surface area contributed by atoms with Crippen LogP contribution in [0.5, 0.6) is 0 Å². The summed E-state index contributed by atoms with van der Waals surface area (Å²) in [6.07, 6.45) is 0. The third-order valence-electron chi connectivity index (χ3n) is 25.3. The van der Waals surface area contributed by atoms with Gasteiger partial charge in [0, 0.05) is 121 Å². The molecule has 0 atom stereocenters. The molecule has 0 saturated carbocycles. The van der Waals surface area contributed by atoms with E-state index in [1.165, 1.54) is 164 Å². The van der Waals surface area contributed by atoms with Gasteiger partial charge < -0.3 is 28.6 Å². The van der Waals surface area contributed by atoms with Gasteiger partial charge in [-0.15, -0.1) is 22.7 Å². The Morgan fingerprint density at radius 2 is 0.733 bits per heavy atom. The van der Waals surface area contributed by atoms with Gasteiger partial charge in [-0.25, -0.2) is 0 Å². The van der Waals surface area contributed by atoms with Crippen LogP contribution in [0.25, 0.3) is 113 Å². The van der Waals surface area contributed by atoms with Crippen molar-refractivity contribution in [2.75, 3.05) is 19.6 Å². The molecule has 0 bridgehead atoms. The van der Waals surface area contributed by atoms with Crippen LogP contribution in [-0.2, 0) is 10.8 Å². The summed E-state index contributed by atoms with van der Waals surface area (Å²) in [5.41, 5.74) is 31.5. The molecule has 21 aromatic rings. The molecule has 0 unspecified atom stereocenters. The van der Waals surface area contributed by atoms with Crippen LogP contribution in [0.2, 0.25) is 0 Å². The van der Waals surface area contributed by atoms with E-state index in [9.17, 15) is 0 Å². The minimum absolute atomic E-state index is 0.235. The first-order valence-electron chi connectivity index (χ1n) is 41.5. The molecule has 6 nitrogen and oxygen atoms in total. The lowest BCUT2D eigenvalue weighted by Crippen LogP contribution is -2.31. The lowest BCUT2D eigenvalue weighted by atomic mass is 9.73. The fourth-order valence-corrected chi connectivity index (χ4v) is 21.4. The largest absolute Gasteiger partial charge is 0.456 e. The summed E-state index contributed by atoms with van der Waals surface area (Å²) in [7, 11) is 0. The molecule has 0 amide bonds. The van der Waals surface area contributed by atoms with Crippen LogP contribution in [0, 0.1) is 27.7 Å². The molecule has 0 saturated heterocycles. The van der Waals surface area contributed by atoms with E-state index < -0.39 is 0 Å². The summed E-state index contributed by atoms with van der Waals surface area (Å²) in [6, 6.07) is 132. The first-order chi connectivity index (χ1) is 58.7. The van der Waals surface area contributed by atoms with Gasteiger partial charge in [0.25, 0.3) is 0 Å². The standard InChI is InChI=1S/C57H47N3.C55H38N2OS2/c1-36-23-27-40(28-24-36)58(41-29-25-37(2)26-30-41)55-44-16-7-9-18-46(44)56(47-19-10-8-17-45(47)55)60-52-22-14-12-20-49(52)57(5,6)50-34-48-43-15-11-13-21-51(43)59(53(48)35-54(50)60)42-32-38(3)31-39(4)33-42;1-55(2)45-20-10-11-21-47(45)57(48-34-50-42(33-46(48)55)39-19-9-12-22-49(39)58-50)38-26-28-41-44(32-38)54(52-24-14-30-60-52)40-27-25-37(31-43(40)53(41)51-23-13-29-59-51)56(35-15-5-3-6-16-35)36-17-7-4-8-18-36/h7-35H,1-6H3;3-34H,1-2H3. The number of rotatable bonds is 11. The molecule has 0 radical (unpaired) electrons. The Hall–Kier alpha value is -14.0. The highest BCUT2D eigenvalue weighted by atomic mass is 32.1. The van der Waals surface area contributed by atoms with Crippen LogP contribution in [0.3, 0.4) is 0 Å². The number of aromatic nitrogens is 1. The minimum Gasteiger partial charge on any atom is -0.456 e. The predicted octanol–water partition coefficient (Wildman–Crippen LogP) is 32.8. The number of anilines is 12. The summed E-state index contributed by atoms with van der Waals surface area (Å²) in [6.45, 7) is 18.2. The van der Waals surface area contributed by atoms with Crippen molar-refractivity contribution in [3.8, 4) is 26.6 Å². The van der Waals surface area contributed by atoms with Gasteiger partial charge in [-0.1, -0.05) is 251 Å². The maximum absolute atomic E-state index is 6.56. The third-order valence-corrected chi connectivity index (χ3v) is 27.1. The van der Waals surface area contributed by atoms with Gasteiger partial charge in [-0.3, -0.25) is 0 Å². The summed E-state index contributed by atoms with van der Waals surface area (Å²) in [4.78, 5) is 12.4. The number of aryl methyl sites for hydroxylation is 4. The van der Waals surface area contributed by atoms with Gasteiger partial charge in [0.2, 0.25) is 0 Å². The maximum Gasteiger partial charge on any atom is 0.137 e. The molecule has 120 heavy (non-hydrogen) atoms. The van der Waals surface area contributed by atoms with Crippen LogP contribution in [0.1, 0.15) is 72.2 Å². The smallest absolute Gasteiger partial charge is 0.137 e. The van der Waals surface area contributed by atoms with Gasteiger partial charge in [0.05, 0.1) is 45.2 Å². The van der Waals surface area contributed by atoms with Crippen molar-refractivity contribution in [3.63, 3.8) is 0 Å². The summed E-state index contributed by atoms with van der Waals surface area (Å²) in [5.74, 6) is 0. The highest BCUT2D eigenvalue weighted by Gasteiger charge is 2.41. The molecule has 0 aliphatic carbocycles. The second kappa shape index (κ2) is 28.4. The topological polar surface area (TPSA) is 31.0 Å². The minimum atomic E-state index is -0.265. The van der Waals surface area contributed by atoms with Crippen molar-refractivity contribution in [1.29, 1.82) is 0 Å². The van der Waals surface area contributed by atoms with Crippen LogP contribution < -0.4 is 19.6 Å². The van der Waals surface area contributed by atoms with Crippen molar-refractivity contribution in [2.24, 2.45) is 0 Å². The van der Waals surface area contributed by atoms with Crippen LogP contribution in [-0.4, -0.2) is 4.57 Å². The number of benzene rings is 17. The quantitative estimate of drug-likeness (QED) is 0.120. The third kappa shape index (κ3) is 11.6. The molecule has 4 aromatic heterocycles. The molecule has 8 heteroatoms. The first kappa shape index (κ1) is 72.4. The van der Waals surface area contributed by atoms with E-state index in [-0.39, 0.29) is 10.8 Å². The SMILES string of the molecule is CC1(C)c2ccccc2N(c2ccc3c(-c4cccs4)c4cc(N(c5ccccc5)c5ccccc5)ccc4c(-c4cccs4)c3c2)c2cc3oc4ccccc4c3cc21.Cc1ccc(N(c2ccc(C)cc2)c2c3ccccc3c(N3c4ccccc4C(C)(C)c4cc5c6ccccc6n(-c6cc(C)cc(C)c6)c5cc43)c3ccccc23)cc1. The number of hydrogen-bond donors (Lipinski definition) is 0. The molecular weight excluding hydrogens is 1500 g/mol. The van der Waals surface area contributed by atoms with E-state index in [1.54, 1.807) is 22.7 Å². The zero-order chi connectivity index (χ0) is 80.8. The number of fused-ring (bicyclic) bond motifs is 14. The first-order valence-corrected chi connectivity index (χ1v) is 43.3. The zero-order valence-electron chi connectivity index (χ0n) is 68.2. The van der Waals surface area contributed by atoms with Gasteiger partial charge in [0.15, 0.2) is 0 Å². The lowest BCUT2D eigenvalue weighted by molar-refractivity contribution is 0.630. The van der Waals surface area contributed by atoms with E-state index in [2.05, 4.69) is 448 Å². The van der Waals surface area contributed by atoms with Gasteiger partial charge in [-0.2, -0.15) is 0 Å². The monoisotopic (exact) mass is 1580 g/mol. The van der Waals surface area contributed by atoms with E-state index in [4.69, 9.17) is 4.42 Å². The highest BCUT2D eigenvalue weighted by molar-refractivity contribution is 7.14. The summed E-state index contributed by atoms with van der Waals surface area (Å²) in [5, 5.41) is 19.0. The van der Waals surface area contributed by atoms with Gasteiger partial charge in [-0.05, 0) is 233 Å². The molecule has 17 aromatic carbocycles. The molecule has 0 spiro atoms.